The highest BCUT2D eigenvalue weighted by Crippen LogP contribution is 2.13. The number of methoxy groups -OCH3 is 2. The number of esters is 1. The number of amides is 2. The number of benzene rings is 1. The van der Waals surface area contributed by atoms with Gasteiger partial charge < -0.3 is 20.1 Å². The van der Waals surface area contributed by atoms with Crippen molar-refractivity contribution in [2.45, 2.75) is 0 Å². The fraction of sp³-hybridized carbons (Fsp3) is 0.222. The summed E-state index contributed by atoms with van der Waals surface area (Å²) in [6, 6.07) is 10.9. The third kappa shape index (κ3) is 5.12. The molecule has 0 atom stereocenters. The zero-order valence-electron chi connectivity index (χ0n) is 14.4. The summed E-state index contributed by atoms with van der Waals surface area (Å²) in [7, 11) is 2.81. The monoisotopic (exact) mass is 357 g/mol. The van der Waals surface area contributed by atoms with Gasteiger partial charge in [0.25, 0.3) is 11.8 Å². The van der Waals surface area contributed by atoms with Crippen LogP contribution >= 0.6 is 0 Å². The first-order valence-electron chi connectivity index (χ1n) is 7.79. The van der Waals surface area contributed by atoms with Gasteiger partial charge in [-0.15, -0.1) is 0 Å². The second-order valence-corrected chi connectivity index (χ2v) is 5.18. The van der Waals surface area contributed by atoms with E-state index in [1.165, 1.54) is 32.4 Å². The van der Waals surface area contributed by atoms with Crippen LogP contribution in [0.4, 0.5) is 5.69 Å². The Morgan fingerprint density at radius 1 is 1.00 bits per heavy atom. The Morgan fingerprint density at radius 2 is 1.69 bits per heavy atom. The summed E-state index contributed by atoms with van der Waals surface area (Å²) in [5.74, 6) is -1.41. The average Bonchev–Trinajstić information content (AvgIpc) is 2.67. The van der Waals surface area contributed by atoms with E-state index in [-0.39, 0.29) is 11.4 Å². The van der Waals surface area contributed by atoms with Gasteiger partial charge in [0.1, 0.15) is 11.4 Å². The second-order valence-electron chi connectivity index (χ2n) is 5.18. The first-order chi connectivity index (χ1) is 12.5. The number of ether oxygens (including phenoxy) is 2. The van der Waals surface area contributed by atoms with E-state index in [1.54, 1.807) is 24.3 Å². The number of hydrogen-bond acceptors (Lipinski definition) is 6. The van der Waals surface area contributed by atoms with E-state index in [1.807, 2.05) is 0 Å². The number of rotatable bonds is 7. The molecule has 2 aromatic rings. The van der Waals surface area contributed by atoms with Crippen molar-refractivity contribution in [3.8, 4) is 0 Å². The van der Waals surface area contributed by atoms with E-state index in [0.29, 0.717) is 24.4 Å². The molecule has 0 aliphatic heterocycles. The van der Waals surface area contributed by atoms with Crippen molar-refractivity contribution in [1.29, 1.82) is 0 Å². The van der Waals surface area contributed by atoms with Gasteiger partial charge in [-0.25, -0.2) is 9.78 Å². The first kappa shape index (κ1) is 19.1. The van der Waals surface area contributed by atoms with Crippen LogP contribution in [0.15, 0.2) is 42.5 Å². The highest BCUT2D eigenvalue weighted by atomic mass is 16.5. The fourth-order valence-electron chi connectivity index (χ4n) is 2.08. The van der Waals surface area contributed by atoms with E-state index < -0.39 is 17.8 Å². The number of pyridine rings is 1. The molecule has 1 aromatic carbocycles. The Labute approximate surface area is 150 Å². The lowest BCUT2D eigenvalue weighted by molar-refractivity contribution is 0.0600. The summed E-state index contributed by atoms with van der Waals surface area (Å²) in [4.78, 5) is 40.0. The van der Waals surface area contributed by atoms with Crippen LogP contribution in [0.5, 0.6) is 0 Å². The quantitative estimate of drug-likeness (QED) is 0.574. The standard InChI is InChI=1S/C18H19N3O5/c1-25-10-9-19-16(22)14-7-4-8-15(21-14)17(23)20-13-6-3-5-12(11-13)18(24)26-2/h3-8,11H,9-10H2,1-2H3,(H,19,22)(H,20,23). The molecule has 2 amide bonds. The van der Waals surface area contributed by atoms with E-state index in [9.17, 15) is 14.4 Å². The van der Waals surface area contributed by atoms with Gasteiger partial charge in [0.15, 0.2) is 0 Å². The maximum Gasteiger partial charge on any atom is 0.337 e. The van der Waals surface area contributed by atoms with Gasteiger partial charge in [0.2, 0.25) is 0 Å². The van der Waals surface area contributed by atoms with Gasteiger partial charge in [-0.2, -0.15) is 0 Å². The lowest BCUT2D eigenvalue weighted by atomic mass is 10.2. The second kappa shape index (κ2) is 9.28. The van der Waals surface area contributed by atoms with Crippen LogP contribution in [0, 0.1) is 0 Å². The topological polar surface area (TPSA) is 107 Å². The minimum Gasteiger partial charge on any atom is -0.465 e. The molecule has 0 saturated carbocycles. The average molecular weight is 357 g/mol. The summed E-state index contributed by atoms with van der Waals surface area (Å²) in [6.45, 7) is 0.718. The molecule has 0 bridgehead atoms. The maximum atomic E-state index is 12.4. The number of carbonyl (C=O) groups excluding carboxylic acids is 3. The van der Waals surface area contributed by atoms with Gasteiger partial charge >= 0.3 is 5.97 Å². The highest BCUT2D eigenvalue weighted by molar-refractivity contribution is 6.04. The zero-order chi connectivity index (χ0) is 18.9. The molecule has 2 N–H and O–H groups in total. The van der Waals surface area contributed by atoms with Crippen molar-refractivity contribution in [1.82, 2.24) is 10.3 Å². The van der Waals surface area contributed by atoms with Crippen LogP contribution in [-0.2, 0) is 9.47 Å². The molecule has 0 spiro atoms. The summed E-state index contributed by atoms with van der Waals surface area (Å²) < 4.78 is 9.50. The lowest BCUT2D eigenvalue weighted by Gasteiger charge is -2.08. The van der Waals surface area contributed by atoms with Crippen LogP contribution in [0.25, 0.3) is 0 Å². The Kier molecular flexibility index (Phi) is 6.81. The number of aromatic nitrogens is 1. The first-order valence-corrected chi connectivity index (χ1v) is 7.79. The third-order valence-corrected chi connectivity index (χ3v) is 3.35. The Balaban J connectivity index is 2.09. The number of nitrogens with one attached hydrogen (secondary N) is 2. The molecule has 8 heteroatoms. The number of nitrogens with zero attached hydrogens (tertiary/aromatic N) is 1. The molecule has 0 radical (unpaired) electrons. The van der Waals surface area contributed by atoms with Crippen molar-refractivity contribution < 1.29 is 23.9 Å². The molecule has 26 heavy (non-hydrogen) atoms. The summed E-state index contributed by atoms with van der Waals surface area (Å²) >= 11 is 0. The van der Waals surface area contributed by atoms with Crippen LogP contribution in [-0.4, -0.2) is 50.1 Å². The molecule has 2 rings (SSSR count). The largest absolute Gasteiger partial charge is 0.465 e. The Bertz CT molecular complexity index is 807. The fourth-order valence-corrected chi connectivity index (χ4v) is 2.08. The van der Waals surface area contributed by atoms with Crippen molar-refractivity contribution in [3.05, 3.63) is 59.4 Å². The maximum absolute atomic E-state index is 12.4. The van der Waals surface area contributed by atoms with Crippen LogP contribution in [0.1, 0.15) is 31.3 Å². The molecule has 1 heterocycles. The molecule has 0 aliphatic carbocycles. The number of anilines is 1. The number of hydrogen-bond donors (Lipinski definition) is 2. The summed E-state index contributed by atoms with van der Waals surface area (Å²) in [5, 5.41) is 5.27. The van der Waals surface area contributed by atoms with Gasteiger partial charge in [0, 0.05) is 19.3 Å². The molecule has 0 fully saturated rings. The van der Waals surface area contributed by atoms with E-state index in [0.717, 1.165) is 0 Å². The molecule has 1 aromatic heterocycles. The van der Waals surface area contributed by atoms with Crippen molar-refractivity contribution >= 4 is 23.5 Å². The minimum absolute atomic E-state index is 0.0767. The molecule has 136 valence electrons. The molecule has 0 aliphatic rings. The number of carbonyl (C=O) groups is 3. The minimum atomic E-state index is -0.506. The third-order valence-electron chi connectivity index (χ3n) is 3.35. The van der Waals surface area contributed by atoms with E-state index in [2.05, 4.69) is 20.4 Å². The predicted octanol–water partition coefficient (Wildman–Crippen LogP) is 1.50. The molecule has 0 saturated heterocycles. The van der Waals surface area contributed by atoms with Crippen LogP contribution in [0.2, 0.25) is 0 Å². The normalized spacial score (nSPS) is 10.1. The summed E-state index contributed by atoms with van der Waals surface area (Å²) in [6.07, 6.45) is 0. The van der Waals surface area contributed by atoms with Gasteiger partial charge in [-0.05, 0) is 30.3 Å². The Morgan fingerprint density at radius 3 is 2.38 bits per heavy atom. The molecular formula is C18H19N3O5. The van der Waals surface area contributed by atoms with Crippen LogP contribution in [0.3, 0.4) is 0 Å². The van der Waals surface area contributed by atoms with E-state index in [4.69, 9.17) is 4.74 Å². The SMILES string of the molecule is COCCNC(=O)c1cccc(C(=O)Nc2cccc(C(=O)OC)c2)n1. The molecule has 0 unspecified atom stereocenters. The lowest BCUT2D eigenvalue weighted by Crippen LogP contribution is -2.28. The highest BCUT2D eigenvalue weighted by Gasteiger charge is 2.13. The van der Waals surface area contributed by atoms with Crippen molar-refractivity contribution in [2.75, 3.05) is 32.7 Å². The Hall–Kier alpha value is -3.26. The van der Waals surface area contributed by atoms with Gasteiger partial charge in [0.05, 0.1) is 19.3 Å². The van der Waals surface area contributed by atoms with Crippen molar-refractivity contribution in [2.24, 2.45) is 0 Å². The van der Waals surface area contributed by atoms with Gasteiger partial charge in [-0.1, -0.05) is 12.1 Å². The zero-order valence-corrected chi connectivity index (χ0v) is 14.4. The smallest absolute Gasteiger partial charge is 0.337 e. The van der Waals surface area contributed by atoms with E-state index >= 15 is 0 Å². The molecular weight excluding hydrogens is 338 g/mol. The predicted molar refractivity (Wildman–Crippen MR) is 94.2 cm³/mol. The van der Waals surface area contributed by atoms with Crippen molar-refractivity contribution in [3.63, 3.8) is 0 Å². The summed E-state index contributed by atoms with van der Waals surface area (Å²) in [5.41, 5.74) is 0.920. The molecule has 8 nitrogen and oxygen atoms in total. The van der Waals surface area contributed by atoms with Gasteiger partial charge in [-0.3, -0.25) is 9.59 Å². The van der Waals surface area contributed by atoms with Crippen LogP contribution < -0.4 is 10.6 Å².